The Morgan fingerprint density at radius 3 is 2.70 bits per heavy atom. The molecule has 158 valence electrons. The highest BCUT2D eigenvalue weighted by molar-refractivity contribution is 7.99. The molecule has 0 fully saturated rings. The van der Waals surface area contributed by atoms with E-state index in [1.807, 2.05) is 25.1 Å². The van der Waals surface area contributed by atoms with Gasteiger partial charge in [0.2, 0.25) is 0 Å². The number of aryl methyl sites for hydroxylation is 1. The Bertz CT molecular complexity index is 1180. The second-order valence-corrected chi connectivity index (χ2v) is 8.20. The van der Waals surface area contributed by atoms with E-state index in [2.05, 4.69) is 24.9 Å². The number of rotatable bonds is 7. The number of aliphatic hydroxyl groups is 3. The molecule has 4 atom stereocenters. The molecule has 0 radical (unpaired) electrons. The number of aliphatic hydroxyl groups excluding tert-OH is 3. The molecule has 3 aromatic heterocycles. The molecule has 0 aliphatic rings. The summed E-state index contributed by atoms with van der Waals surface area (Å²) in [4.78, 5) is 19.9. The third-order valence-corrected chi connectivity index (χ3v) is 6.12. The van der Waals surface area contributed by atoms with Crippen molar-refractivity contribution in [3.63, 3.8) is 0 Å². The molecule has 4 rings (SSSR count). The van der Waals surface area contributed by atoms with Crippen molar-refractivity contribution in [1.29, 1.82) is 0 Å². The number of thioether (sulfide) groups is 1. The van der Waals surface area contributed by atoms with Gasteiger partial charge >= 0.3 is 0 Å². The van der Waals surface area contributed by atoms with E-state index in [0.29, 0.717) is 16.3 Å². The molecule has 3 heterocycles. The van der Waals surface area contributed by atoms with Gasteiger partial charge < -0.3 is 30.6 Å². The Morgan fingerprint density at radius 2 is 1.93 bits per heavy atom. The van der Waals surface area contributed by atoms with Gasteiger partial charge in [0.15, 0.2) is 16.6 Å². The summed E-state index contributed by atoms with van der Waals surface area (Å²) in [5.41, 5.74) is 9.50. The van der Waals surface area contributed by atoms with Crippen LogP contribution in [-0.2, 0) is 0 Å². The molecule has 0 aliphatic heterocycles. The summed E-state index contributed by atoms with van der Waals surface area (Å²) in [5.74, 6) is 0.391. The fraction of sp³-hybridized carbons (Fsp3) is 0.368. The molecule has 1 aromatic carbocycles. The number of nitrogens with zero attached hydrogens (tertiary/aromatic N) is 5. The van der Waals surface area contributed by atoms with E-state index in [0.717, 1.165) is 16.6 Å². The lowest BCUT2D eigenvalue weighted by molar-refractivity contribution is -0.0667. The van der Waals surface area contributed by atoms with Crippen LogP contribution in [0, 0.1) is 6.92 Å². The van der Waals surface area contributed by atoms with E-state index in [1.165, 1.54) is 24.4 Å². The van der Waals surface area contributed by atoms with Crippen LogP contribution in [0.4, 0.5) is 5.82 Å². The molecular weight excluding hydrogens is 406 g/mol. The number of hydrogen-bond acceptors (Lipinski definition) is 9. The smallest absolute Gasteiger partial charge is 0.166 e. The average molecular weight is 430 g/mol. The first kappa shape index (κ1) is 20.5. The lowest BCUT2D eigenvalue weighted by atomic mass is 10.0. The number of imidazole rings is 2. The first-order valence-electron chi connectivity index (χ1n) is 9.42. The van der Waals surface area contributed by atoms with Crippen molar-refractivity contribution in [2.75, 3.05) is 11.5 Å². The van der Waals surface area contributed by atoms with Gasteiger partial charge in [-0.2, -0.15) is 0 Å². The third-order valence-electron chi connectivity index (χ3n) is 5.15. The molecule has 0 bridgehead atoms. The van der Waals surface area contributed by atoms with Crippen LogP contribution in [0.25, 0.3) is 22.2 Å². The Labute approximate surface area is 176 Å². The number of nitrogens with one attached hydrogen (secondary N) is 1. The summed E-state index contributed by atoms with van der Waals surface area (Å²) in [6.45, 7) is 3.68. The van der Waals surface area contributed by atoms with Crippen LogP contribution >= 0.6 is 11.8 Å². The van der Waals surface area contributed by atoms with Gasteiger partial charge in [-0.25, -0.2) is 19.9 Å². The molecule has 0 saturated carbocycles. The molecular formula is C19H23N7O3S. The lowest BCUT2D eigenvalue weighted by Gasteiger charge is -2.28. The Kier molecular flexibility index (Phi) is 5.60. The zero-order chi connectivity index (χ0) is 21.4. The zero-order valence-electron chi connectivity index (χ0n) is 16.5. The fourth-order valence-electron chi connectivity index (χ4n) is 3.33. The summed E-state index contributed by atoms with van der Waals surface area (Å²) >= 11 is 1.28. The lowest BCUT2D eigenvalue weighted by Crippen LogP contribution is -2.42. The highest BCUT2D eigenvalue weighted by Crippen LogP contribution is 2.26. The Balaban J connectivity index is 1.43. The Hall–Kier alpha value is -2.73. The van der Waals surface area contributed by atoms with Crippen molar-refractivity contribution >= 4 is 39.8 Å². The van der Waals surface area contributed by atoms with Crippen molar-refractivity contribution in [2.45, 2.75) is 43.4 Å². The van der Waals surface area contributed by atoms with Gasteiger partial charge in [-0.05, 0) is 25.5 Å². The van der Waals surface area contributed by atoms with Gasteiger partial charge in [0.25, 0.3) is 0 Å². The summed E-state index contributed by atoms with van der Waals surface area (Å²) in [5, 5.41) is 32.2. The highest BCUT2D eigenvalue weighted by Gasteiger charge is 2.31. The number of hydrogen-bond donors (Lipinski definition) is 5. The van der Waals surface area contributed by atoms with Crippen molar-refractivity contribution in [3.05, 3.63) is 36.4 Å². The molecule has 0 amide bonds. The van der Waals surface area contributed by atoms with Crippen LogP contribution < -0.4 is 5.73 Å². The van der Waals surface area contributed by atoms with Gasteiger partial charge in [0, 0.05) is 5.75 Å². The molecule has 4 aromatic rings. The second kappa shape index (κ2) is 8.19. The Morgan fingerprint density at radius 1 is 1.13 bits per heavy atom. The number of fused-ring (bicyclic) bond motifs is 2. The highest BCUT2D eigenvalue weighted by atomic mass is 32.2. The predicted octanol–water partition coefficient (Wildman–Crippen LogP) is 1.03. The molecule has 11 heteroatoms. The SMILES string of the molecule is Cc1cccc2[nH]c(SC[C@@H](O)[C@@H](O)[C@@H](O)C(C)n3cnc4c(N)ncnc43)nc12. The standard InChI is InChI=1S/C19H23N7O3S/c1-9-4-3-5-11-13(9)25-19(24-11)30-6-12(27)16(29)15(28)10(2)26-8-23-14-17(20)21-7-22-18(14)26/h3-5,7-8,10,12,15-16,27-29H,6H2,1-2H3,(H,24,25)(H2,20,21,22)/t10?,12-,15+,16-/m1/s1. The van der Waals surface area contributed by atoms with Crippen LogP contribution in [0.2, 0.25) is 0 Å². The van der Waals surface area contributed by atoms with E-state index in [-0.39, 0.29) is 11.6 Å². The van der Waals surface area contributed by atoms with E-state index >= 15 is 0 Å². The average Bonchev–Trinajstić information content (AvgIpc) is 3.36. The third kappa shape index (κ3) is 3.72. The first-order valence-corrected chi connectivity index (χ1v) is 10.4. The summed E-state index contributed by atoms with van der Waals surface area (Å²) in [6, 6.07) is 5.25. The van der Waals surface area contributed by atoms with Crippen LogP contribution in [0.3, 0.4) is 0 Å². The van der Waals surface area contributed by atoms with Crippen molar-refractivity contribution in [1.82, 2.24) is 29.5 Å². The quantitative estimate of drug-likeness (QED) is 0.270. The largest absolute Gasteiger partial charge is 0.389 e. The van der Waals surface area contributed by atoms with E-state index in [4.69, 9.17) is 5.73 Å². The predicted molar refractivity (Wildman–Crippen MR) is 114 cm³/mol. The van der Waals surface area contributed by atoms with Crippen molar-refractivity contribution < 1.29 is 15.3 Å². The summed E-state index contributed by atoms with van der Waals surface area (Å²) < 4.78 is 1.60. The van der Waals surface area contributed by atoms with Gasteiger partial charge in [0.05, 0.1) is 29.5 Å². The van der Waals surface area contributed by atoms with Crippen molar-refractivity contribution in [3.8, 4) is 0 Å². The molecule has 0 spiro atoms. The molecule has 6 N–H and O–H groups in total. The number of H-pyrrole nitrogens is 1. The second-order valence-electron chi connectivity index (χ2n) is 7.20. The molecule has 1 unspecified atom stereocenters. The molecule has 30 heavy (non-hydrogen) atoms. The molecule has 0 aliphatic carbocycles. The first-order chi connectivity index (χ1) is 14.4. The van der Waals surface area contributed by atoms with Gasteiger partial charge in [0.1, 0.15) is 24.1 Å². The van der Waals surface area contributed by atoms with E-state index < -0.39 is 24.4 Å². The number of anilines is 1. The van der Waals surface area contributed by atoms with E-state index in [1.54, 1.807) is 11.5 Å². The maximum absolute atomic E-state index is 10.6. The van der Waals surface area contributed by atoms with Crippen LogP contribution in [0.1, 0.15) is 18.5 Å². The number of aromatic nitrogens is 6. The van der Waals surface area contributed by atoms with Gasteiger partial charge in [-0.1, -0.05) is 23.9 Å². The topological polar surface area (TPSA) is 159 Å². The number of aromatic amines is 1. The number of nitrogen functional groups attached to an aromatic ring is 1. The minimum Gasteiger partial charge on any atom is -0.389 e. The molecule has 10 nitrogen and oxygen atoms in total. The normalized spacial score (nSPS) is 16.0. The number of nitrogens with two attached hydrogens (primary N) is 1. The van der Waals surface area contributed by atoms with Crippen LogP contribution in [-0.4, -0.2) is 68.9 Å². The van der Waals surface area contributed by atoms with Crippen LogP contribution in [0.5, 0.6) is 0 Å². The zero-order valence-corrected chi connectivity index (χ0v) is 17.3. The molecule has 0 saturated heterocycles. The van der Waals surface area contributed by atoms with Gasteiger partial charge in [-0.15, -0.1) is 0 Å². The van der Waals surface area contributed by atoms with E-state index in [9.17, 15) is 15.3 Å². The maximum atomic E-state index is 10.6. The summed E-state index contributed by atoms with van der Waals surface area (Å²) in [7, 11) is 0. The minimum atomic E-state index is -1.38. The monoisotopic (exact) mass is 429 g/mol. The maximum Gasteiger partial charge on any atom is 0.166 e. The minimum absolute atomic E-state index is 0.156. The van der Waals surface area contributed by atoms with Crippen LogP contribution in [0.15, 0.2) is 36.0 Å². The summed E-state index contributed by atoms with van der Waals surface area (Å²) in [6.07, 6.45) is -1.02. The van der Waals surface area contributed by atoms with Crippen molar-refractivity contribution in [2.24, 2.45) is 0 Å². The fourth-order valence-corrected chi connectivity index (χ4v) is 4.19. The number of para-hydroxylation sites is 1. The number of benzene rings is 1. The van der Waals surface area contributed by atoms with Gasteiger partial charge in [-0.3, -0.25) is 0 Å².